The maximum atomic E-state index is 12.3. The lowest BCUT2D eigenvalue weighted by Crippen LogP contribution is -2.58. The minimum absolute atomic E-state index is 0.213. The van der Waals surface area contributed by atoms with Gasteiger partial charge in [0.25, 0.3) is 0 Å². The lowest BCUT2D eigenvalue weighted by atomic mass is 9.97. The second-order valence-electron chi connectivity index (χ2n) is 4.78. The van der Waals surface area contributed by atoms with Crippen molar-refractivity contribution < 1.29 is 9.53 Å². The molecule has 1 unspecified atom stereocenters. The zero-order valence-corrected chi connectivity index (χ0v) is 9.58. The maximum absolute atomic E-state index is 12.3. The Morgan fingerprint density at radius 3 is 3.00 bits per heavy atom. The van der Waals surface area contributed by atoms with Crippen molar-refractivity contribution in [1.82, 2.24) is 10.2 Å². The second-order valence-corrected chi connectivity index (χ2v) is 4.78. The van der Waals surface area contributed by atoms with Crippen LogP contribution >= 0.6 is 0 Å². The molecule has 0 bridgehead atoms. The Labute approximate surface area is 91.0 Å². The molecule has 2 fully saturated rings. The third-order valence-corrected chi connectivity index (χ3v) is 3.47. The molecule has 1 amide bonds. The minimum atomic E-state index is -0.328. The van der Waals surface area contributed by atoms with Crippen LogP contribution in [0, 0.1) is 0 Å². The predicted molar refractivity (Wildman–Crippen MR) is 57.6 cm³/mol. The van der Waals surface area contributed by atoms with Crippen LogP contribution in [-0.2, 0) is 9.53 Å². The quantitative estimate of drug-likeness (QED) is 0.683. The fourth-order valence-corrected chi connectivity index (χ4v) is 2.42. The Balaban J connectivity index is 2.05. The fraction of sp³-hybridized carbons (Fsp3) is 0.909. The van der Waals surface area contributed by atoms with Crippen molar-refractivity contribution >= 4 is 5.91 Å². The summed E-state index contributed by atoms with van der Waals surface area (Å²) >= 11 is 0. The number of rotatable bonds is 1. The van der Waals surface area contributed by atoms with E-state index in [1.807, 2.05) is 11.8 Å². The van der Waals surface area contributed by atoms with Gasteiger partial charge in [-0.3, -0.25) is 4.79 Å². The van der Waals surface area contributed by atoms with Crippen LogP contribution in [0.5, 0.6) is 0 Å². The monoisotopic (exact) mass is 212 g/mol. The number of hydrogen-bond acceptors (Lipinski definition) is 3. The molecular formula is C11H20N2O2. The highest BCUT2D eigenvalue weighted by molar-refractivity contribution is 5.86. The van der Waals surface area contributed by atoms with Crippen LogP contribution < -0.4 is 5.32 Å². The predicted octanol–water partition coefficient (Wildman–Crippen LogP) is 0.376. The van der Waals surface area contributed by atoms with Gasteiger partial charge in [0.1, 0.15) is 0 Å². The Morgan fingerprint density at radius 2 is 2.40 bits per heavy atom. The summed E-state index contributed by atoms with van der Waals surface area (Å²) in [7, 11) is 0. The van der Waals surface area contributed by atoms with E-state index in [4.69, 9.17) is 4.74 Å². The van der Waals surface area contributed by atoms with Gasteiger partial charge in [-0.2, -0.15) is 0 Å². The zero-order chi connectivity index (χ0) is 10.9. The Hall–Kier alpha value is -0.610. The molecule has 2 aliphatic rings. The summed E-state index contributed by atoms with van der Waals surface area (Å²) in [6.07, 6.45) is 2.05. The van der Waals surface area contributed by atoms with Gasteiger partial charge in [-0.15, -0.1) is 0 Å². The third-order valence-electron chi connectivity index (χ3n) is 3.47. The van der Waals surface area contributed by atoms with Gasteiger partial charge in [0.05, 0.1) is 24.8 Å². The van der Waals surface area contributed by atoms with Gasteiger partial charge in [0, 0.05) is 6.54 Å². The minimum Gasteiger partial charge on any atom is -0.377 e. The topological polar surface area (TPSA) is 41.6 Å². The largest absolute Gasteiger partial charge is 0.377 e. The van der Waals surface area contributed by atoms with Gasteiger partial charge < -0.3 is 15.0 Å². The molecule has 4 heteroatoms. The van der Waals surface area contributed by atoms with Crippen LogP contribution in [0.2, 0.25) is 0 Å². The first kappa shape index (κ1) is 10.9. The zero-order valence-electron chi connectivity index (χ0n) is 9.58. The number of carbonyl (C=O) groups is 1. The standard InChI is InChI=1S/C11H20N2O2/c1-9-8-15-7-6-13(9)10(14)11(2)4-3-5-12-11/h9,12H,3-8H2,1-2H3/t9-,11?/m1/s1. The summed E-state index contributed by atoms with van der Waals surface area (Å²) in [4.78, 5) is 14.3. The number of hydrogen-bond donors (Lipinski definition) is 1. The molecule has 0 aromatic carbocycles. The molecule has 15 heavy (non-hydrogen) atoms. The van der Waals surface area contributed by atoms with Crippen LogP contribution in [-0.4, -0.2) is 48.7 Å². The molecule has 86 valence electrons. The van der Waals surface area contributed by atoms with Crippen LogP contribution in [0.4, 0.5) is 0 Å². The van der Waals surface area contributed by atoms with Gasteiger partial charge in [-0.25, -0.2) is 0 Å². The summed E-state index contributed by atoms with van der Waals surface area (Å²) in [5.74, 6) is 0.246. The highest BCUT2D eigenvalue weighted by Crippen LogP contribution is 2.23. The first-order chi connectivity index (χ1) is 7.13. The van der Waals surface area contributed by atoms with E-state index in [1.165, 1.54) is 0 Å². The fourth-order valence-electron chi connectivity index (χ4n) is 2.42. The van der Waals surface area contributed by atoms with Crippen LogP contribution in [0.3, 0.4) is 0 Å². The molecule has 1 N–H and O–H groups in total. The number of ether oxygens (including phenoxy) is 1. The molecule has 4 nitrogen and oxygen atoms in total. The first-order valence-corrected chi connectivity index (χ1v) is 5.77. The highest BCUT2D eigenvalue weighted by Gasteiger charge is 2.40. The molecular weight excluding hydrogens is 192 g/mol. The molecule has 0 aromatic rings. The molecule has 2 saturated heterocycles. The van der Waals surface area contributed by atoms with E-state index < -0.39 is 0 Å². The Morgan fingerprint density at radius 1 is 1.60 bits per heavy atom. The SMILES string of the molecule is C[C@@H]1COCCN1C(=O)C1(C)CCCN1. The van der Waals surface area contributed by atoms with Crippen molar-refractivity contribution in [1.29, 1.82) is 0 Å². The van der Waals surface area contributed by atoms with Crippen molar-refractivity contribution in [2.24, 2.45) is 0 Å². The lowest BCUT2D eigenvalue weighted by molar-refractivity contribution is -0.145. The van der Waals surface area contributed by atoms with E-state index in [-0.39, 0.29) is 17.5 Å². The van der Waals surface area contributed by atoms with Gasteiger partial charge in [0.2, 0.25) is 5.91 Å². The molecule has 2 heterocycles. The molecule has 0 aliphatic carbocycles. The highest BCUT2D eigenvalue weighted by atomic mass is 16.5. The number of nitrogens with zero attached hydrogens (tertiary/aromatic N) is 1. The second kappa shape index (κ2) is 4.10. The van der Waals surface area contributed by atoms with E-state index in [9.17, 15) is 4.79 Å². The first-order valence-electron chi connectivity index (χ1n) is 5.77. The average Bonchev–Trinajstić information content (AvgIpc) is 2.66. The van der Waals surface area contributed by atoms with E-state index >= 15 is 0 Å². The average molecular weight is 212 g/mol. The summed E-state index contributed by atoms with van der Waals surface area (Å²) < 4.78 is 5.34. The van der Waals surface area contributed by atoms with Crippen molar-refractivity contribution in [3.8, 4) is 0 Å². The molecule has 0 radical (unpaired) electrons. The molecule has 0 saturated carbocycles. The summed E-state index contributed by atoms with van der Waals surface area (Å²) in [5.41, 5.74) is -0.328. The Bertz CT molecular complexity index is 249. The molecule has 2 atom stereocenters. The third kappa shape index (κ3) is 2.01. The number of morpholine rings is 1. The lowest BCUT2D eigenvalue weighted by Gasteiger charge is -2.38. The van der Waals surface area contributed by atoms with Crippen LogP contribution in [0.25, 0.3) is 0 Å². The summed E-state index contributed by atoms with van der Waals surface area (Å²) in [6.45, 7) is 7.10. The molecule has 0 spiro atoms. The van der Waals surface area contributed by atoms with Crippen molar-refractivity contribution in [3.63, 3.8) is 0 Å². The maximum Gasteiger partial charge on any atom is 0.242 e. The summed E-state index contributed by atoms with van der Waals surface area (Å²) in [5, 5.41) is 3.32. The van der Waals surface area contributed by atoms with Gasteiger partial charge in [-0.1, -0.05) is 0 Å². The van der Waals surface area contributed by atoms with E-state index in [0.29, 0.717) is 13.2 Å². The van der Waals surface area contributed by atoms with Gasteiger partial charge in [0.15, 0.2) is 0 Å². The normalized spacial score (nSPS) is 36.9. The van der Waals surface area contributed by atoms with E-state index in [0.717, 1.165) is 25.9 Å². The van der Waals surface area contributed by atoms with Crippen LogP contribution in [0.1, 0.15) is 26.7 Å². The van der Waals surface area contributed by atoms with Crippen molar-refractivity contribution in [2.45, 2.75) is 38.3 Å². The van der Waals surface area contributed by atoms with E-state index in [2.05, 4.69) is 12.2 Å². The number of nitrogens with one attached hydrogen (secondary N) is 1. The van der Waals surface area contributed by atoms with Crippen LogP contribution in [0.15, 0.2) is 0 Å². The van der Waals surface area contributed by atoms with Crippen molar-refractivity contribution in [3.05, 3.63) is 0 Å². The number of amides is 1. The molecule has 2 rings (SSSR count). The smallest absolute Gasteiger partial charge is 0.242 e. The Kier molecular flexibility index (Phi) is 2.98. The van der Waals surface area contributed by atoms with Crippen molar-refractivity contribution in [2.75, 3.05) is 26.3 Å². The summed E-state index contributed by atoms with van der Waals surface area (Å²) in [6, 6.07) is 0.213. The van der Waals surface area contributed by atoms with E-state index in [1.54, 1.807) is 0 Å². The molecule has 0 aromatic heterocycles. The van der Waals surface area contributed by atoms with Gasteiger partial charge >= 0.3 is 0 Å². The molecule has 2 aliphatic heterocycles. The van der Waals surface area contributed by atoms with Gasteiger partial charge in [-0.05, 0) is 33.2 Å². The number of carbonyl (C=O) groups excluding carboxylic acids is 1.